The number of benzene rings is 1. The van der Waals surface area contributed by atoms with Crippen molar-refractivity contribution in [3.63, 3.8) is 0 Å². The van der Waals surface area contributed by atoms with E-state index in [-0.39, 0.29) is 24.6 Å². The highest BCUT2D eigenvalue weighted by molar-refractivity contribution is 5.93. The van der Waals surface area contributed by atoms with E-state index < -0.39 is 11.6 Å². The van der Waals surface area contributed by atoms with Gasteiger partial charge in [-0.3, -0.25) is 9.69 Å². The SMILES string of the molecule is Cc1c(C#N)c(NC(=O)CN(C)Cc2ccc(F)cc2F)n(Cc2ccco2)c1C. The van der Waals surface area contributed by atoms with Crippen molar-refractivity contribution in [1.29, 1.82) is 5.26 Å². The fraction of sp³-hybridized carbons (Fsp3) is 0.273. The summed E-state index contributed by atoms with van der Waals surface area (Å²) < 4.78 is 34.1. The molecule has 0 saturated carbocycles. The number of carbonyl (C=O) groups is 1. The lowest BCUT2D eigenvalue weighted by atomic mass is 10.2. The van der Waals surface area contributed by atoms with Crippen molar-refractivity contribution < 1.29 is 18.0 Å². The number of halogens is 2. The molecule has 0 aliphatic carbocycles. The zero-order chi connectivity index (χ0) is 21.8. The van der Waals surface area contributed by atoms with Gasteiger partial charge in [0.2, 0.25) is 5.91 Å². The highest BCUT2D eigenvalue weighted by atomic mass is 19.1. The van der Waals surface area contributed by atoms with E-state index in [1.807, 2.05) is 24.5 Å². The summed E-state index contributed by atoms with van der Waals surface area (Å²) in [6.45, 7) is 4.17. The van der Waals surface area contributed by atoms with Crippen molar-refractivity contribution in [3.8, 4) is 6.07 Å². The van der Waals surface area contributed by atoms with Gasteiger partial charge in [0.15, 0.2) is 0 Å². The van der Waals surface area contributed by atoms with E-state index in [0.29, 0.717) is 23.7 Å². The number of amides is 1. The summed E-state index contributed by atoms with van der Waals surface area (Å²) in [5.41, 5.74) is 2.30. The molecule has 0 unspecified atom stereocenters. The lowest BCUT2D eigenvalue weighted by Gasteiger charge is -2.18. The average Bonchev–Trinajstić information content (AvgIpc) is 3.27. The molecule has 0 saturated heterocycles. The summed E-state index contributed by atoms with van der Waals surface area (Å²) in [7, 11) is 1.66. The van der Waals surface area contributed by atoms with Crippen LogP contribution in [0.3, 0.4) is 0 Å². The number of hydrogen-bond donors (Lipinski definition) is 1. The summed E-state index contributed by atoms with van der Waals surface area (Å²) in [4.78, 5) is 14.3. The van der Waals surface area contributed by atoms with Crippen molar-refractivity contribution in [2.75, 3.05) is 18.9 Å². The number of aromatic nitrogens is 1. The molecule has 2 heterocycles. The smallest absolute Gasteiger partial charge is 0.239 e. The van der Waals surface area contributed by atoms with Crippen LogP contribution in [-0.4, -0.2) is 29.0 Å². The Morgan fingerprint density at radius 2 is 2.07 bits per heavy atom. The Labute approximate surface area is 173 Å². The lowest BCUT2D eigenvalue weighted by Crippen LogP contribution is -2.31. The molecule has 1 amide bonds. The van der Waals surface area contributed by atoms with Crippen LogP contribution in [-0.2, 0) is 17.9 Å². The monoisotopic (exact) mass is 412 g/mol. The Morgan fingerprint density at radius 3 is 2.70 bits per heavy atom. The van der Waals surface area contributed by atoms with Gasteiger partial charge < -0.3 is 14.3 Å². The quantitative estimate of drug-likeness (QED) is 0.637. The van der Waals surface area contributed by atoms with Crippen LogP contribution in [0.5, 0.6) is 0 Å². The topological polar surface area (TPSA) is 74.2 Å². The number of likely N-dealkylation sites (N-methyl/N-ethyl adjacent to an activating group) is 1. The predicted molar refractivity (Wildman–Crippen MR) is 108 cm³/mol. The third-order valence-corrected chi connectivity index (χ3v) is 4.96. The summed E-state index contributed by atoms with van der Waals surface area (Å²) >= 11 is 0. The van der Waals surface area contributed by atoms with E-state index in [1.165, 1.54) is 12.1 Å². The fourth-order valence-electron chi connectivity index (χ4n) is 3.30. The zero-order valence-corrected chi connectivity index (χ0v) is 17.0. The van der Waals surface area contributed by atoms with Gasteiger partial charge in [-0.1, -0.05) is 6.07 Å². The van der Waals surface area contributed by atoms with Crippen molar-refractivity contribution in [3.05, 3.63) is 76.4 Å². The van der Waals surface area contributed by atoms with E-state index >= 15 is 0 Å². The summed E-state index contributed by atoms with van der Waals surface area (Å²) in [6, 6.07) is 9.09. The molecule has 2 aromatic heterocycles. The molecule has 3 rings (SSSR count). The maximum absolute atomic E-state index is 13.9. The third kappa shape index (κ3) is 4.58. The molecule has 0 aliphatic heterocycles. The molecule has 6 nitrogen and oxygen atoms in total. The number of anilines is 1. The standard InChI is InChI=1S/C22H22F2N4O2/c1-14-15(2)28(12-18-5-4-8-30-18)22(19(14)10-25)26-21(29)13-27(3)11-16-6-7-17(23)9-20(16)24/h4-9H,11-13H2,1-3H3,(H,26,29). The molecule has 0 radical (unpaired) electrons. The van der Waals surface area contributed by atoms with Crippen molar-refractivity contribution in [2.24, 2.45) is 0 Å². The van der Waals surface area contributed by atoms with Gasteiger partial charge in [0, 0.05) is 23.9 Å². The first-order valence-corrected chi connectivity index (χ1v) is 9.34. The van der Waals surface area contributed by atoms with Crippen LogP contribution >= 0.6 is 0 Å². The zero-order valence-electron chi connectivity index (χ0n) is 17.0. The molecule has 8 heteroatoms. The predicted octanol–water partition coefficient (Wildman–Crippen LogP) is 3.97. The Kier molecular flexibility index (Phi) is 6.33. The van der Waals surface area contributed by atoms with Crippen molar-refractivity contribution >= 4 is 11.7 Å². The first-order valence-electron chi connectivity index (χ1n) is 9.34. The number of furan rings is 1. The van der Waals surface area contributed by atoms with Gasteiger partial charge in [-0.05, 0) is 44.7 Å². The van der Waals surface area contributed by atoms with Crippen LogP contribution in [0.1, 0.15) is 28.1 Å². The van der Waals surface area contributed by atoms with Gasteiger partial charge in [0.25, 0.3) is 0 Å². The van der Waals surface area contributed by atoms with Gasteiger partial charge in [-0.15, -0.1) is 0 Å². The number of nitriles is 1. The van der Waals surface area contributed by atoms with Crippen LogP contribution < -0.4 is 5.32 Å². The maximum atomic E-state index is 13.9. The highest BCUT2D eigenvalue weighted by Crippen LogP contribution is 2.27. The van der Waals surface area contributed by atoms with E-state index in [1.54, 1.807) is 24.3 Å². The van der Waals surface area contributed by atoms with E-state index in [9.17, 15) is 18.8 Å². The van der Waals surface area contributed by atoms with Gasteiger partial charge >= 0.3 is 0 Å². The van der Waals surface area contributed by atoms with Crippen LogP contribution in [0.4, 0.5) is 14.6 Å². The first-order chi connectivity index (χ1) is 14.3. The molecular formula is C22H22F2N4O2. The molecule has 0 atom stereocenters. The highest BCUT2D eigenvalue weighted by Gasteiger charge is 2.21. The number of nitrogens with zero attached hydrogens (tertiary/aromatic N) is 3. The van der Waals surface area contributed by atoms with Gasteiger partial charge in [0.1, 0.15) is 29.3 Å². The lowest BCUT2D eigenvalue weighted by molar-refractivity contribution is -0.117. The normalized spacial score (nSPS) is 11.0. The molecule has 1 N–H and O–H groups in total. The second kappa shape index (κ2) is 8.93. The van der Waals surface area contributed by atoms with Gasteiger partial charge in [-0.2, -0.15) is 5.26 Å². The molecule has 1 aromatic carbocycles. The molecule has 3 aromatic rings. The summed E-state index contributed by atoms with van der Waals surface area (Å²) in [5.74, 6) is -0.571. The molecular weight excluding hydrogens is 390 g/mol. The Morgan fingerprint density at radius 1 is 1.30 bits per heavy atom. The average molecular weight is 412 g/mol. The van der Waals surface area contributed by atoms with Gasteiger partial charge in [0.05, 0.1) is 24.9 Å². The van der Waals surface area contributed by atoms with Crippen molar-refractivity contribution in [1.82, 2.24) is 9.47 Å². The molecule has 156 valence electrons. The Bertz CT molecular complexity index is 1100. The maximum Gasteiger partial charge on any atom is 0.239 e. The van der Waals surface area contributed by atoms with E-state index in [2.05, 4.69) is 11.4 Å². The van der Waals surface area contributed by atoms with E-state index in [0.717, 1.165) is 17.3 Å². The second-order valence-electron chi connectivity index (χ2n) is 7.17. The summed E-state index contributed by atoms with van der Waals surface area (Å²) in [6.07, 6.45) is 1.56. The minimum atomic E-state index is -0.660. The second-order valence-corrected chi connectivity index (χ2v) is 7.17. The Hall–Kier alpha value is -3.44. The number of hydrogen-bond acceptors (Lipinski definition) is 4. The molecule has 0 aliphatic rings. The minimum Gasteiger partial charge on any atom is -0.467 e. The van der Waals surface area contributed by atoms with Crippen LogP contribution in [0.15, 0.2) is 41.0 Å². The van der Waals surface area contributed by atoms with Gasteiger partial charge in [-0.25, -0.2) is 8.78 Å². The molecule has 0 bridgehead atoms. The van der Waals surface area contributed by atoms with Crippen LogP contribution in [0.25, 0.3) is 0 Å². The molecule has 0 fully saturated rings. The number of nitrogens with one attached hydrogen (secondary N) is 1. The minimum absolute atomic E-state index is 0.0360. The largest absolute Gasteiger partial charge is 0.467 e. The Balaban J connectivity index is 1.75. The fourth-order valence-corrected chi connectivity index (χ4v) is 3.30. The van der Waals surface area contributed by atoms with Crippen LogP contribution in [0, 0.1) is 36.8 Å². The summed E-state index contributed by atoms with van der Waals surface area (Å²) in [5, 5.41) is 12.4. The van der Waals surface area contributed by atoms with Crippen molar-refractivity contribution in [2.45, 2.75) is 26.9 Å². The number of rotatable bonds is 7. The third-order valence-electron chi connectivity index (χ3n) is 4.96. The van der Waals surface area contributed by atoms with E-state index in [4.69, 9.17) is 4.42 Å². The van der Waals surface area contributed by atoms with Crippen LogP contribution in [0.2, 0.25) is 0 Å². The molecule has 0 spiro atoms. The molecule has 30 heavy (non-hydrogen) atoms. The first kappa shape index (κ1) is 21.3. The number of carbonyl (C=O) groups excluding carboxylic acids is 1.